The fraction of sp³-hybridized carbons (Fsp3) is 0.680. The van der Waals surface area contributed by atoms with Crippen molar-refractivity contribution >= 4 is 23.4 Å². The number of carbonyl (C=O) groups is 1. The molecule has 1 rings (SSSR count). The highest BCUT2D eigenvalue weighted by Gasteiger charge is 2.35. The largest absolute Gasteiger partial charge is 0.417 e. The minimum atomic E-state index is -4.74. The molecule has 0 fully saturated rings. The van der Waals surface area contributed by atoms with E-state index in [2.05, 4.69) is 5.32 Å². The quantitative estimate of drug-likeness (QED) is 0.165. The first-order valence-electron chi connectivity index (χ1n) is 12.1. The molecule has 204 valence electrons. The minimum Gasteiger partial charge on any atom is -0.380 e. The van der Waals surface area contributed by atoms with Crippen LogP contribution in [0.15, 0.2) is 18.2 Å². The van der Waals surface area contributed by atoms with Gasteiger partial charge in [0.1, 0.15) is 5.60 Å². The monoisotopic (exact) mass is 540 g/mol. The second kappa shape index (κ2) is 15.4. The number of nitrogens with one attached hydrogen (secondary N) is 1. The third kappa shape index (κ3) is 13.4. The molecule has 0 saturated carbocycles. The van der Waals surface area contributed by atoms with Gasteiger partial charge >= 0.3 is 12.4 Å². The molecule has 1 aromatic rings. The van der Waals surface area contributed by atoms with Crippen LogP contribution >= 0.6 is 11.8 Å². The summed E-state index contributed by atoms with van der Waals surface area (Å²) >= 11 is 1.56. The molecule has 4 nitrogen and oxygen atoms in total. The Morgan fingerprint density at radius 1 is 0.917 bits per heavy atom. The van der Waals surface area contributed by atoms with Gasteiger partial charge in [-0.1, -0.05) is 44.9 Å². The molecule has 1 amide bonds. The average molecular weight is 541 g/mol. The van der Waals surface area contributed by atoms with E-state index in [1.54, 1.807) is 11.8 Å². The van der Waals surface area contributed by atoms with E-state index in [4.69, 9.17) is 5.26 Å². The first-order valence-corrected chi connectivity index (χ1v) is 13.2. The van der Waals surface area contributed by atoms with Crippen LogP contribution in [0.3, 0.4) is 0 Å². The van der Waals surface area contributed by atoms with Gasteiger partial charge in [-0.15, -0.1) is 0 Å². The van der Waals surface area contributed by atoms with Crippen molar-refractivity contribution in [1.82, 2.24) is 0 Å². The van der Waals surface area contributed by atoms with Crippen molar-refractivity contribution < 1.29 is 36.2 Å². The third-order valence-electron chi connectivity index (χ3n) is 5.64. The number of aliphatic hydroxyl groups is 1. The van der Waals surface area contributed by atoms with Gasteiger partial charge in [0.15, 0.2) is 0 Å². The van der Waals surface area contributed by atoms with Gasteiger partial charge in [0.2, 0.25) is 0 Å². The van der Waals surface area contributed by atoms with Crippen LogP contribution in [0.2, 0.25) is 0 Å². The Bertz CT molecular complexity index is 850. The zero-order valence-electron chi connectivity index (χ0n) is 20.4. The number of thioether (sulfide) groups is 1. The minimum absolute atomic E-state index is 0.147. The molecule has 0 saturated heterocycles. The molecule has 0 heterocycles. The number of halogens is 6. The molecular weight excluding hydrogens is 506 g/mol. The van der Waals surface area contributed by atoms with Crippen molar-refractivity contribution in [3.05, 3.63) is 29.3 Å². The Labute approximate surface area is 212 Å². The number of nitriles is 1. The molecule has 0 bridgehead atoms. The topological polar surface area (TPSA) is 73.1 Å². The van der Waals surface area contributed by atoms with Gasteiger partial charge in [0.25, 0.3) is 5.91 Å². The number of amides is 1. The molecule has 0 aliphatic carbocycles. The van der Waals surface area contributed by atoms with Gasteiger partial charge in [-0.2, -0.15) is 43.4 Å². The van der Waals surface area contributed by atoms with Crippen LogP contribution in [0.25, 0.3) is 0 Å². The van der Waals surface area contributed by atoms with Gasteiger partial charge in [-0.3, -0.25) is 4.79 Å². The predicted octanol–water partition coefficient (Wildman–Crippen LogP) is 7.85. The van der Waals surface area contributed by atoms with E-state index >= 15 is 0 Å². The Morgan fingerprint density at radius 2 is 1.47 bits per heavy atom. The lowest BCUT2D eigenvalue weighted by Crippen LogP contribution is -2.40. The maximum Gasteiger partial charge on any atom is 0.417 e. The standard InChI is InChI=1S/C25H34F6N2O2S/c1-23(35,22(34)33-20-12-11-19(18-32)21(17-20)25(29,30)31)13-8-6-4-2-3-5-7-9-15-36-16-10-14-24(26,27)28/h11-12,17,35H,2-10,13-16H2,1H3,(H,33,34)/t23-/m0/s1. The summed E-state index contributed by atoms with van der Waals surface area (Å²) in [6.07, 6.45) is -1.80. The first-order chi connectivity index (χ1) is 16.8. The molecule has 0 radical (unpaired) electrons. The summed E-state index contributed by atoms with van der Waals surface area (Å²) in [5.41, 5.74) is -3.59. The summed E-state index contributed by atoms with van der Waals surface area (Å²) in [5.74, 6) is 0.592. The van der Waals surface area contributed by atoms with Gasteiger partial charge in [-0.05, 0) is 55.9 Å². The van der Waals surface area contributed by atoms with Crippen LogP contribution in [0.1, 0.15) is 88.7 Å². The summed E-state index contributed by atoms with van der Waals surface area (Å²) < 4.78 is 75.4. The zero-order valence-corrected chi connectivity index (χ0v) is 21.2. The SMILES string of the molecule is C[C@](O)(CCCCCCCCCCSCCCC(F)(F)F)C(=O)Nc1ccc(C#N)c(C(F)(F)F)c1. The highest BCUT2D eigenvalue weighted by Crippen LogP contribution is 2.34. The third-order valence-corrected chi connectivity index (χ3v) is 6.80. The van der Waals surface area contributed by atoms with Gasteiger partial charge in [0, 0.05) is 12.1 Å². The summed E-state index contributed by atoms with van der Waals surface area (Å²) in [6.45, 7) is 1.32. The van der Waals surface area contributed by atoms with Crippen LogP contribution < -0.4 is 5.32 Å². The van der Waals surface area contributed by atoms with Gasteiger partial charge in [-0.25, -0.2) is 0 Å². The summed E-state index contributed by atoms with van der Waals surface area (Å²) in [5, 5.41) is 21.6. The average Bonchev–Trinajstić information content (AvgIpc) is 2.77. The number of alkyl halides is 6. The van der Waals surface area contributed by atoms with Gasteiger partial charge in [0.05, 0.1) is 17.2 Å². The molecule has 1 aromatic carbocycles. The highest BCUT2D eigenvalue weighted by molar-refractivity contribution is 7.99. The number of anilines is 1. The number of rotatable bonds is 16. The van der Waals surface area contributed by atoms with Crippen LogP contribution in [0, 0.1) is 11.3 Å². The molecule has 0 aliphatic rings. The smallest absolute Gasteiger partial charge is 0.380 e. The summed E-state index contributed by atoms with van der Waals surface area (Å²) in [7, 11) is 0. The number of benzene rings is 1. The van der Waals surface area contributed by atoms with Crippen LogP contribution in [-0.4, -0.2) is 34.3 Å². The maximum atomic E-state index is 13.1. The lowest BCUT2D eigenvalue weighted by atomic mass is 9.96. The predicted molar refractivity (Wildman–Crippen MR) is 130 cm³/mol. The lowest BCUT2D eigenvalue weighted by molar-refractivity contribution is -0.138. The highest BCUT2D eigenvalue weighted by atomic mass is 32.2. The lowest BCUT2D eigenvalue weighted by Gasteiger charge is -2.22. The number of hydrogen-bond donors (Lipinski definition) is 2. The zero-order chi connectivity index (χ0) is 27.2. The van der Waals surface area contributed by atoms with Crippen LogP contribution in [-0.2, 0) is 11.0 Å². The summed E-state index contributed by atoms with van der Waals surface area (Å²) in [4.78, 5) is 12.4. The maximum absolute atomic E-state index is 13.1. The Morgan fingerprint density at radius 3 is 2.03 bits per heavy atom. The number of carbonyl (C=O) groups excluding carboxylic acids is 1. The second-order valence-electron chi connectivity index (χ2n) is 9.01. The van der Waals surface area contributed by atoms with E-state index in [0.29, 0.717) is 18.2 Å². The van der Waals surface area contributed by atoms with Crippen LogP contribution in [0.4, 0.5) is 32.0 Å². The Hall–Kier alpha value is -1.93. The Kier molecular flexibility index (Phi) is 13.7. The molecule has 0 unspecified atom stereocenters. The van der Waals surface area contributed by atoms with E-state index in [9.17, 15) is 36.2 Å². The van der Waals surface area contributed by atoms with Crippen molar-refractivity contribution in [1.29, 1.82) is 5.26 Å². The normalized spacial score (nSPS) is 13.8. The second-order valence-corrected chi connectivity index (χ2v) is 10.2. The van der Waals surface area contributed by atoms with E-state index in [-0.39, 0.29) is 18.5 Å². The number of hydrogen-bond acceptors (Lipinski definition) is 4. The number of nitrogens with zero attached hydrogens (tertiary/aromatic N) is 1. The van der Waals surface area contributed by atoms with E-state index in [0.717, 1.165) is 56.8 Å². The van der Waals surface area contributed by atoms with Crippen molar-refractivity contribution in [3.8, 4) is 6.07 Å². The van der Waals surface area contributed by atoms with Crippen molar-refractivity contribution in [3.63, 3.8) is 0 Å². The fourth-order valence-corrected chi connectivity index (χ4v) is 4.50. The molecule has 1 atom stereocenters. The van der Waals surface area contributed by atoms with Gasteiger partial charge < -0.3 is 10.4 Å². The molecule has 0 aromatic heterocycles. The molecular formula is C25H34F6N2O2S. The molecule has 0 spiro atoms. The van der Waals surface area contributed by atoms with E-state index in [1.165, 1.54) is 19.1 Å². The Balaban J connectivity index is 2.19. The van der Waals surface area contributed by atoms with Crippen LogP contribution in [0.5, 0.6) is 0 Å². The fourth-order valence-electron chi connectivity index (χ4n) is 3.54. The van der Waals surface area contributed by atoms with Crippen molar-refractivity contribution in [2.24, 2.45) is 0 Å². The van der Waals surface area contributed by atoms with E-state index in [1.807, 2.05) is 0 Å². The number of unbranched alkanes of at least 4 members (excludes halogenated alkanes) is 7. The molecule has 11 heteroatoms. The van der Waals surface area contributed by atoms with Crippen molar-refractivity contribution in [2.45, 2.75) is 95.5 Å². The summed E-state index contributed by atoms with van der Waals surface area (Å²) in [6, 6.07) is 4.32. The van der Waals surface area contributed by atoms with Crippen molar-refractivity contribution in [2.75, 3.05) is 16.8 Å². The molecule has 0 aliphatic heterocycles. The first kappa shape index (κ1) is 32.1. The molecule has 2 N–H and O–H groups in total. The van der Waals surface area contributed by atoms with E-state index < -0.39 is 41.4 Å². The molecule has 36 heavy (non-hydrogen) atoms.